The number of rotatable bonds is 2. The summed E-state index contributed by atoms with van der Waals surface area (Å²) in [5, 5.41) is -1.37. The van der Waals surface area contributed by atoms with Crippen molar-refractivity contribution in [3.05, 3.63) is 27.7 Å². The maximum absolute atomic E-state index is 11.0. The fourth-order valence-electron chi connectivity index (χ4n) is 0.902. The summed E-state index contributed by atoms with van der Waals surface area (Å²) >= 11 is 16.4. The normalized spacial score (nSPS) is 11.5. The molecule has 0 aliphatic rings. The van der Waals surface area contributed by atoms with E-state index in [4.69, 9.17) is 45.5 Å². The van der Waals surface area contributed by atoms with Crippen LogP contribution in [0.5, 0.6) is 0 Å². The Bertz CT molecular complexity index is 523. The van der Waals surface area contributed by atoms with Crippen LogP contribution < -0.4 is 0 Å². The molecular weight excluding hydrogens is 306 g/mol. The van der Waals surface area contributed by atoms with Gasteiger partial charge in [-0.3, -0.25) is 4.79 Å². The minimum Gasteiger partial charge on any atom is -0.275 e. The lowest BCUT2D eigenvalue weighted by molar-refractivity contribution is 0.108. The van der Waals surface area contributed by atoms with Crippen molar-refractivity contribution in [1.29, 1.82) is 0 Å². The monoisotopic (exact) mass is 306 g/mol. The van der Waals surface area contributed by atoms with Gasteiger partial charge < -0.3 is 0 Å². The molecule has 3 nitrogen and oxygen atoms in total. The molecule has 0 atom stereocenters. The topological polar surface area (TPSA) is 51.2 Å². The van der Waals surface area contributed by atoms with Crippen LogP contribution >= 0.6 is 45.5 Å². The number of benzene rings is 1. The minimum absolute atomic E-state index is 0.0379. The fraction of sp³-hybridized carbons (Fsp3) is 0. The van der Waals surface area contributed by atoms with Crippen LogP contribution in [0, 0.1) is 0 Å². The third kappa shape index (κ3) is 2.77. The van der Waals surface area contributed by atoms with Crippen molar-refractivity contribution in [3.8, 4) is 0 Å². The molecule has 0 aliphatic carbocycles. The molecule has 0 unspecified atom stereocenters. The highest BCUT2D eigenvalue weighted by atomic mass is 35.7. The van der Waals surface area contributed by atoms with E-state index in [1.165, 1.54) is 6.07 Å². The predicted octanol–water partition coefficient (Wildman–Crippen LogP) is 3.30. The summed E-state index contributed by atoms with van der Waals surface area (Å²) in [6.07, 6.45) is 0. The summed E-state index contributed by atoms with van der Waals surface area (Å²) in [7, 11) is 1.05. The average Bonchev–Trinajstić information content (AvgIpc) is 2.00. The molecule has 0 saturated heterocycles. The van der Waals surface area contributed by atoms with Crippen molar-refractivity contribution in [2.45, 2.75) is 4.90 Å². The van der Waals surface area contributed by atoms with Gasteiger partial charge in [-0.1, -0.05) is 23.2 Å². The molecule has 0 spiro atoms. The Morgan fingerprint density at radius 3 is 2.13 bits per heavy atom. The van der Waals surface area contributed by atoms with Crippen LogP contribution in [0.2, 0.25) is 10.0 Å². The Balaban J connectivity index is 3.64. The van der Waals surface area contributed by atoms with E-state index in [1.807, 2.05) is 0 Å². The van der Waals surface area contributed by atoms with Gasteiger partial charge in [0, 0.05) is 10.7 Å². The van der Waals surface area contributed by atoms with Gasteiger partial charge in [0.1, 0.15) is 4.90 Å². The van der Waals surface area contributed by atoms with Gasteiger partial charge in [-0.2, -0.15) is 0 Å². The first-order chi connectivity index (χ1) is 6.75. The number of hydrogen-bond acceptors (Lipinski definition) is 3. The van der Waals surface area contributed by atoms with Crippen molar-refractivity contribution in [1.82, 2.24) is 0 Å². The standard InChI is InChI=1S/C7H2Cl4O3S/c8-3-1-2-4(15(11,13)14)6(9)5(3)7(10)12/h1-2H. The summed E-state index contributed by atoms with van der Waals surface area (Å²) < 4.78 is 22.0. The van der Waals surface area contributed by atoms with Gasteiger partial charge in [-0.05, 0) is 23.7 Å². The van der Waals surface area contributed by atoms with E-state index in [0.717, 1.165) is 6.07 Å². The zero-order valence-corrected chi connectivity index (χ0v) is 10.6. The van der Waals surface area contributed by atoms with E-state index >= 15 is 0 Å². The lowest BCUT2D eigenvalue weighted by atomic mass is 10.2. The van der Waals surface area contributed by atoms with Crippen LogP contribution in [0.3, 0.4) is 0 Å². The van der Waals surface area contributed by atoms with Gasteiger partial charge in [0.15, 0.2) is 0 Å². The van der Waals surface area contributed by atoms with Crippen LogP contribution in [0.1, 0.15) is 10.4 Å². The van der Waals surface area contributed by atoms with Crippen molar-refractivity contribution in [2.24, 2.45) is 0 Å². The second-order valence-electron chi connectivity index (χ2n) is 2.45. The maximum atomic E-state index is 11.0. The number of halogens is 4. The fourth-order valence-corrected chi connectivity index (χ4v) is 3.09. The van der Waals surface area contributed by atoms with Crippen molar-refractivity contribution in [2.75, 3.05) is 0 Å². The van der Waals surface area contributed by atoms with Gasteiger partial charge in [-0.15, -0.1) is 0 Å². The Kier molecular flexibility index (Phi) is 3.90. The van der Waals surface area contributed by atoms with Crippen LogP contribution in [0.25, 0.3) is 0 Å². The molecule has 0 bridgehead atoms. The van der Waals surface area contributed by atoms with Gasteiger partial charge in [0.2, 0.25) is 0 Å². The molecule has 82 valence electrons. The molecule has 0 N–H and O–H groups in total. The van der Waals surface area contributed by atoms with Crippen LogP contribution in [-0.4, -0.2) is 13.7 Å². The molecule has 0 aliphatic heterocycles. The average molecular weight is 308 g/mol. The molecule has 0 aromatic heterocycles. The molecule has 0 fully saturated rings. The van der Waals surface area contributed by atoms with Gasteiger partial charge in [-0.25, -0.2) is 8.42 Å². The minimum atomic E-state index is -4.04. The molecule has 15 heavy (non-hydrogen) atoms. The second-order valence-corrected chi connectivity index (χ2v) is 6.11. The summed E-state index contributed by atoms with van der Waals surface area (Å²) in [6.45, 7) is 0. The zero-order chi connectivity index (χ0) is 11.8. The molecule has 1 aromatic rings. The smallest absolute Gasteiger partial charge is 0.262 e. The van der Waals surface area contributed by atoms with Crippen molar-refractivity contribution < 1.29 is 13.2 Å². The van der Waals surface area contributed by atoms with E-state index in [2.05, 4.69) is 0 Å². The molecule has 1 aromatic carbocycles. The Labute approximate surface area is 105 Å². The molecule has 1 rings (SSSR count). The first-order valence-corrected chi connectivity index (χ1v) is 6.82. The Morgan fingerprint density at radius 1 is 1.20 bits per heavy atom. The molecule has 0 radical (unpaired) electrons. The van der Waals surface area contributed by atoms with Crippen molar-refractivity contribution >= 4 is 59.8 Å². The first-order valence-electron chi connectivity index (χ1n) is 3.37. The third-order valence-corrected chi connectivity index (χ3v) is 3.89. The van der Waals surface area contributed by atoms with E-state index in [9.17, 15) is 13.2 Å². The lowest BCUT2D eigenvalue weighted by Crippen LogP contribution is -1.99. The number of carbonyl (C=O) groups is 1. The summed E-state index contributed by atoms with van der Waals surface area (Å²) in [5.41, 5.74) is -0.276. The van der Waals surface area contributed by atoms with Crippen LogP contribution in [-0.2, 0) is 9.05 Å². The largest absolute Gasteiger partial charge is 0.275 e. The van der Waals surface area contributed by atoms with E-state index < -0.39 is 19.2 Å². The van der Waals surface area contributed by atoms with E-state index in [-0.39, 0.29) is 15.6 Å². The van der Waals surface area contributed by atoms with Crippen LogP contribution in [0.15, 0.2) is 17.0 Å². The second kappa shape index (κ2) is 4.47. The Morgan fingerprint density at radius 2 is 1.73 bits per heavy atom. The third-order valence-electron chi connectivity index (χ3n) is 1.51. The van der Waals surface area contributed by atoms with Gasteiger partial charge in [0.05, 0.1) is 15.6 Å². The highest BCUT2D eigenvalue weighted by molar-refractivity contribution is 8.13. The van der Waals surface area contributed by atoms with E-state index in [0.29, 0.717) is 0 Å². The summed E-state index contributed by atoms with van der Waals surface area (Å²) in [5.74, 6) is 0. The molecule has 0 heterocycles. The molecule has 8 heteroatoms. The molecular formula is C7H2Cl4O3S. The number of carbonyl (C=O) groups excluding carboxylic acids is 1. The van der Waals surface area contributed by atoms with E-state index in [1.54, 1.807) is 0 Å². The Hall–Kier alpha value is -0.000000000000000167. The van der Waals surface area contributed by atoms with Gasteiger partial charge in [0.25, 0.3) is 14.3 Å². The highest BCUT2D eigenvalue weighted by Crippen LogP contribution is 2.33. The van der Waals surface area contributed by atoms with Crippen molar-refractivity contribution in [3.63, 3.8) is 0 Å². The predicted molar refractivity (Wildman–Crippen MR) is 59.7 cm³/mol. The zero-order valence-electron chi connectivity index (χ0n) is 6.80. The van der Waals surface area contributed by atoms with Gasteiger partial charge >= 0.3 is 0 Å². The number of hydrogen-bond donors (Lipinski definition) is 0. The SMILES string of the molecule is O=C(Cl)c1c(Cl)ccc(S(=O)(=O)Cl)c1Cl. The molecule has 0 saturated carbocycles. The molecule has 0 amide bonds. The summed E-state index contributed by atoms with van der Waals surface area (Å²) in [4.78, 5) is 10.5. The maximum Gasteiger partial charge on any atom is 0.262 e. The summed E-state index contributed by atoms with van der Waals surface area (Å²) in [6, 6.07) is 2.27. The van der Waals surface area contributed by atoms with Crippen LogP contribution in [0.4, 0.5) is 0 Å². The quantitative estimate of drug-likeness (QED) is 0.788. The highest BCUT2D eigenvalue weighted by Gasteiger charge is 2.22. The lowest BCUT2D eigenvalue weighted by Gasteiger charge is -2.05. The first kappa shape index (κ1) is 13.1.